The number of anilines is 2. The van der Waals surface area contributed by atoms with Crippen LogP contribution in [0.2, 0.25) is 5.02 Å². The number of hydrogen-bond donors (Lipinski definition) is 0. The normalized spacial score (nSPS) is 15.0. The van der Waals surface area contributed by atoms with Gasteiger partial charge in [-0.05, 0) is 73.5 Å². The van der Waals surface area contributed by atoms with Gasteiger partial charge >= 0.3 is 6.03 Å². The van der Waals surface area contributed by atoms with Gasteiger partial charge in [-0.1, -0.05) is 29.8 Å². The van der Waals surface area contributed by atoms with Crippen LogP contribution in [0.4, 0.5) is 16.2 Å². The molecule has 0 atom stereocenters. The summed E-state index contributed by atoms with van der Waals surface area (Å²) in [6.07, 6.45) is 0. The predicted molar refractivity (Wildman–Crippen MR) is 121 cm³/mol. The lowest BCUT2D eigenvalue weighted by Gasteiger charge is -2.36. The number of aryl methyl sites for hydroxylation is 2. The molecule has 0 bridgehead atoms. The van der Waals surface area contributed by atoms with Gasteiger partial charge in [0.2, 0.25) is 0 Å². The van der Waals surface area contributed by atoms with Crippen molar-refractivity contribution in [1.29, 1.82) is 0 Å². The van der Waals surface area contributed by atoms with Crippen LogP contribution in [0.1, 0.15) is 21.5 Å². The standard InChI is InChI=1S/C23H19ClN2O4S/c1-15-11-16(2)13-19(12-15)26-23(28)25(14-21(27)17-7-9-18(24)10-8-17)20-5-3-4-6-22(20)31(26,29)30/h3-13H,14H2,1-2H3. The number of Topliss-reactive ketones (excluding diaryl/α,β-unsaturated/α-hetero) is 1. The van der Waals surface area contributed by atoms with Crippen molar-refractivity contribution in [1.82, 2.24) is 0 Å². The molecule has 8 heteroatoms. The number of fused-ring (bicyclic) bond motifs is 1. The van der Waals surface area contributed by atoms with E-state index in [1.165, 1.54) is 17.0 Å². The maximum absolute atomic E-state index is 13.4. The minimum Gasteiger partial charge on any atom is -0.292 e. The molecule has 0 saturated carbocycles. The van der Waals surface area contributed by atoms with Gasteiger partial charge in [-0.15, -0.1) is 0 Å². The lowest BCUT2D eigenvalue weighted by Crippen LogP contribution is -2.52. The van der Waals surface area contributed by atoms with Gasteiger partial charge in [0.05, 0.1) is 17.9 Å². The Morgan fingerprint density at radius 3 is 2.19 bits per heavy atom. The molecule has 158 valence electrons. The number of sulfonamides is 1. The first kappa shape index (κ1) is 21.1. The van der Waals surface area contributed by atoms with Gasteiger partial charge in [-0.3, -0.25) is 9.69 Å². The van der Waals surface area contributed by atoms with Gasteiger partial charge in [-0.25, -0.2) is 13.2 Å². The van der Waals surface area contributed by atoms with E-state index in [-0.39, 0.29) is 28.6 Å². The van der Waals surface area contributed by atoms with Crippen molar-refractivity contribution in [3.63, 3.8) is 0 Å². The fraction of sp³-hybridized carbons (Fsp3) is 0.130. The fourth-order valence-corrected chi connectivity index (χ4v) is 5.36. The molecule has 3 aromatic rings. The van der Waals surface area contributed by atoms with Crippen LogP contribution in [0.5, 0.6) is 0 Å². The molecular weight excluding hydrogens is 436 g/mol. The Hall–Kier alpha value is -3.16. The molecule has 0 unspecified atom stereocenters. The largest absolute Gasteiger partial charge is 0.343 e. The highest BCUT2D eigenvalue weighted by Crippen LogP contribution is 2.37. The Balaban J connectivity index is 1.82. The highest BCUT2D eigenvalue weighted by atomic mass is 35.5. The summed E-state index contributed by atoms with van der Waals surface area (Å²) in [6, 6.07) is 16.9. The number of rotatable bonds is 4. The second-order valence-corrected chi connectivity index (χ2v) is 9.57. The quantitative estimate of drug-likeness (QED) is 0.521. The van der Waals surface area contributed by atoms with Crippen LogP contribution in [0.15, 0.2) is 71.6 Å². The van der Waals surface area contributed by atoms with Crippen molar-refractivity contribution in [2.75, 3.05) is 15.7 Å². The minimum absolute atomic E-state index is 0.0299. The van der Waals surface area contributed by atoms with Gasteiger partial charge in [0.1, 0.15) is 4.90 Å². The van der Waals surface area contributed by atoms with Gasteiger partial charge in [-0.2, -0.15) is 4.31 Å². The van der Waals surface area contributed by atoms with Crippen LogP contribution in [0, 0.1) is 13.8 Å². The van der Waals surface area contributed by atoms with Crippen molar-refractivity contribution < 1.29 is 18.0 Å². The third-order valence-corrected chi connectivity index (χ3v) is 6.99. The number of carbonyl (C=O) groups is 2. The summed E-state index contributed by atoms with van der Waals surface area (Å²) in [5.41, 5.74) is 2.43. The summed E-state index contributed by atoms with van der Waals surface area (Å²) < 4.78 is 27.5. The SMILES string of the molecule is Cc1cc(C)cc(N2C(=O)N(CC(=O)c3ccc(Cl)cc3)c3ccccc3S2(=O)=O)c1. The fourth-order valence-electron chi connectivity index (χ4n) is 3.65. The predicted octanol–water partition coefficient (Wildman–Crippen LogP) is 4.98. The molecule has 3 aromatic carbocycles. The molecule has 0 spiro atoms. The van der Waals surface area contributed by atoms with Crippen molar-refractivity contribution in [2.45, 2.75) is 18.7 Å². The number of benzene rings is 3. The van der Waals surface area contributed by atoms with Crippen LogP contribution in [0.3, 0.4) is 0 Å². The Bertz CT molecular complexity index is 1280. The van der Waals surface area contributed by atoms with Crippen molar-refractivity contribution >= 4 is 44.8 Å². The van der Waals surface area contributed by atoms with E-state index < -0.39 is 16.1 Å². The van der Waals surface area contributed by atoms with E-state index in [1.807, 2.05) is 19.9 Å². The zero-order valence-corrected chi connectivity index (χ0v) is 18.4. The number of ketones is 1. The van der Waals surface area contributed by atoms with Gasteiger partial charge in [0, 0.05) is 10.6 Å². The average molecular weight is 455 g/mol. The third-order valence-electron chi connectivity index (χ3n) is 4.99. The number of hydrogen-bond acceptors (Lipinski definition) is 4. The van der Waals surface area contributed by atoms with Crippen LogP contribution in [0.25, 0.3) is 0 Å². The van der Waals surface area contributed by atoms with Crippen molar-refractivity contribution in [3.05, 3.63) is 88.4 Å². The van der Waals surface area contributed by atoms with Crippen molar-refractivity contribution in [3.8, 4) is 0 Å². The summed E-state index contributed by atoms with van der Waals surface area (Å²) in [5.74, 6) is -0.334. The minimum atomic E-state index is -4.14. The van der Waals surface area contributed by atoms with Gasteiger partial charge in [0.15, 0.2) is 5.78 Å². The van der Waals surface area contributed by atoms with E-state index in [2.05, 4.69) is 0 Å². The highest BCUT2D eigenvalue weighted by Gasteiger charge is 2.43. The van der Waals surface area contributed by atoms with E-state index in [4.69, 9.17) is 11.6 Å². The Kier molecular flexibility index (Phi) is 5.33. The van der Waals surface area contributed by atoms with Crippen LogP contribution in [-0.4, -0.2) is 26.8 Å². The average Bonchev–Trinajstić information content (AvgIpc) is 2.71. The summed E-state index contributed by atoms with van der Waals surface area (Å²) >= 11 is 5.89. The zero-order chi connectivity index (χ0) is 22.3. The maximum atomic E-state index is 13.4. The number of halogens is 1. The number of nitrogens with zero attached hydrogens (tertiary/aromatic N) is 2. The topological polar surface area (TPSA) is 74.8 Å². The molecule has 0 saturated heterocycles. The van der Waals surface area contributed by atoms with E-state index in [0.717, 1.165) is 15.4 Å². The summed E-state index contributed by atoms with van der Waals surface area (Å²) in [4.78, 5) is 27.5. The Morgan fingerprint density at radius 2 is 1.55 bits per heavy atom. The molecule has 2 amide bonds. The van der Waals surface area contributed by atoms with Crippen LogP contribution in [-0.2, 0) is 10.0 Å². The molecule has 0 N–H and O–H groups in total. The zero-order valence-electron chi connectivity index (χ0n) is 16.9. The second kappa shape index (κ2) is 7.83. The summed E-state index contributed by atoms with van der Waals surface area (Å²) in [7, 11) is -4.14. The first-order valence-electron chi connectivity index (χ1n) is 9.51. The van der Waals surface area contributed by atoms with E-state index >= 15 is 0 Å². The second-order valence-electron chi connectivity index (χ2n) is 7.38. The highest BCUT2D eigenvalue weighted by molar-refractivity contribution is 7.94. The first-order valence-corrected chi connectivity index (χ1v) is 11.3. The first-order chi connectivity index (χ1) is 14.7. The molecule has 0 aliphatic carbocycles. The molecule has 4 rings (SSSR count). The Labute approximate surface area is 185 Å². The molecule has 1 aliphatic rings. The number of urea groups is 1. The molecule has 1 heterocycles. The molecular formula is C23H19ClN2O4S. The van der Waals surface area contributed by atoms with E-state index in [1.54, 1.807) is 48.5 Å². The smallest absolute Gasteiger partial charge is 0.292 e. The Morgan fingerprint density at radius 1 is 0.935 bits per heavy atom. The van der Waals surface area contributed by atoms with E-state index in [0.29, 0.717) is 10.6 Å². The summed E-state index contributed by atoms with van der Waals surface area (Å²) in [5, 5.41) is 0.489. The molecule has 0 radical (unpaired) electrons. The van der Waals surface area contributed by atoms with Crippen LogP contribution < -0.4 is 9.21 Å². The number of para-hydroxylation sites is 1. The maximum Gasteiger partial charge on any atom is 0.343 e. The molecule has 0 fully saturated rings. The van der Waals surface area contributed by atoms with Gasteiger partial charge in [0.25, 0.3) is 10.0 Å². The lowest BCUT2D eigenvalue weighted by molar-refractivity contribution is 0.0999. The van der Waals surface area contributed by atoms with Crippen LogP contribution >= 0.6 is 11.6 Å². The molecule has 0 aromatic heterocycles. The third kappa shape index (κ3) is 3.82. The van der Waals surface area contributed by atoms with Gasteiger partial charge < -0.3 is 0 Å². The molecule has 31 heavy (non-hydrogen) atoms. The lowest BCUT2D eigenvalue weighted by atomic mass is 10.1. The summed E-state index contributed by atoms with van der Waals surface area (Å²) in [6.45, 7) is 3.34. The number of amides is 2. The van der Waals surface area contributed by atoms with E-state index in [9.17, 15) is 18.0 Å². The molecule has 6 nitrogen and oxygen atoms in total. The number of carbonyl (C=O) groups excluding carboxylic acids is 2. The monoisotopic (exact) mass is 454 g/mol. The molecule has 1 aliphatic heterocycles. The van der Waals surface area contributed by atoms with Crippen molar-refractivity contribution in [2.24, 2.45) is 0 Å².